The molecule has 0 unspecified atom stereocenters. The highest BCUT2D eigenvalue weighted by molar-refractivity contribution is 5.92. The van der Waals surface area contributed by atoms with Crippen molar-refractivity contribution in [1.82, 2.24) is 14.4 Å². The van der Waals surface area contributed by atoms with Gasteiger partial charge in [0, 0.05) is 25.5 Å². The third kappa shape index (κ3) is 3.25. The Labute approximate surface area is 151 Å². The zero-order valence-electron chi connectivity index (χ0n) is 14.7. The molecule has 1 aromatic carbocycles. The molecule has 0 radical (unpaired) electrons. The number of aryl methyl sites for hydroxylation is 1. The quantitative estimate of drug-likeness (QED) is 0.779. The summed E-state index contributed by atoms with van der Waals surface area (Å²) in [5.41, 5.74) is 2.50. The first kappa shape index (κ1) is 16.5. The maximum atomic E-state index is 12.5. The van der Waals surface area contributed by atoms with Crippen LogP contribution in [0.1, 0.15) is 11.3 Å². The lowest BCUT2D eigenvalue weighted by Crippen LogP contribution is -2.37. The van der Waals surface area contributed by atoms with E-state index in [-0.39, 0.29) is 5.91 Å². The minimum absolute atomic E-state index is 0.0640. The summed E-state index contributed by atoms with van der Waals surface area (Å²) in [6.45, 7) is 4.84. The molecule has 3 aromatic rings. The Morgan fingerprint density at radius 2 is 2.00 bits per heavy atom. The molecule has 4 rings (SSSR count). The summed E-state index contributed by atoms with van der Waals surface area (Å²) in [7, 11) is 0. The number of nitrogens with zero attached hydrogens (tertiary/aromatic N) is 4. The molecule has 1 aliphatic heterocycles. The number of rotatable bonds is 4. The van der Waals surface area contributed by atoms with Crippen molar-refractivity contribution in [2.24, 2.45) is 0 Å². The molecular weight excluding hydrogens is 330 g/mol. The van der Waals surface area contributed by atoms with Gasteiger partial charge in [-0.1, -0.05) is 30.3 Å². The van der Waals surface area contributed by atoms with Gasteiger partial charge in [0.25, 0.3) is 0 Å². The van der Waals surface area contributed by atoms with Crippen molar-refractivity contribution < 1.29 is 9.53 Å². The van der Waals surface area contributed by atoms with Crippen LogP contribution in [0.25, 0.3) is 5.65 Å². The van der Waals surface area contributed by atoms with Crippen molar-refractivity contribution >= 4 is 23.2 Å². The van der Waals surface area contributed by atoms with E-state index in [9.17, 15) is 4.79 Å². The number of anilines is 2. The summed E-state index contributed by atoms with van der Waals surface area (Å²) in [4.78, 5) is 23.8. The second-order valence-electron chi connectivity index (χ2n) is 6.30. The second kappa shape index (κ2) is 7.13. The number of morpholine rings is 1. The number of hydrogen-bond acceptors (Lipinski definition) is 5. The van der Waals surface area contributed by atoms with E-state index < -0.39 is 0 Å². The molecule has 0 aliphatic carbocycles. The van der Waals surface area contributed by atoms with E-state index in [4.69, 9.17) is 4.74 Å². The zero-order chi connectivity index (χ0) is 17.9. The fourth-order valence-electron chi connectivity index (χ4n) is 3.18. The summed E-state index contributed by atoms with van der Waals surface area (Å²) >= 11 is 0. The largest absolute Gasteiger partial charge is 0.378 e. The first-order valence-corrected chi connectivity index (χ1v) is 8.72. The normalized spacial score (nSPS) is 14.6. The van der Waals surface area contributed by atoms with Crippen molar-refractivity contribution in [1.29, 1.82) is 0 Å². The van der Waals surface area contributed by atoms with Gasteiger partial charge in [-0.05, 0) is 12.5 Å². The predicted molar refractivity (Wildman–Crippen MR) is 99.5 cm³/mol. The van der Waals surface area contributed by atoms with Crippen molar-refractivity contribution in [3.63, 3.8) is 0 Å². The maximum Gasteiger partial charge on any atom is 0.229 e. The van der Waals surface area contributed by atoms with Crippen LogP contribution in [0.2, 0.25) is 0 Å². The number of amides is 1. The molecule has 1 saturated heterocycles. The molecule has 0 spiro atoms. The Hall–Kier alpha value is -2.93. The first-order chi connectivity index (χ1) is 12.7. The molecule has 3 heterocycles. The van der Waals surface area contributed by atoms with Crippen LogP contribution < -0.4 is 10.2 Å². The molecule has 0 saturated carbocycles. The molecule has 1 aliphatic rings. The van der Waals surface area contributed by atoms with Crippen molar-refractivity contribution in [2.75, 3.05) is 36.5 Å². The Balaban J connectivity index is 1.61. The summed E-state index contributed by atoms with van der Waals surface area (Å²) in [6, 6.07) is 9.70. The SMILES string of the molecule is Cc1nc2c(N3CCOCC3)nccn2c1NC(=O)Cc1ccccc1. The van der Waals surface area contributed by atoms with E-state index in [0.717, 1.165) is 35.8 Å². The number of benzene rings is 1. The number of fused-ring (bicyclic) bond motifs is 1. The van der Waals surface area contributed by atoms with Crippen LogP contribution in [0.3, 0.4) is 0 Å². The topological polar surface area (TPSA) is 71.8 Å². The van der Waals surface area contributed by atoms with Crippen LogP contribution in [0.4, 0.5) is 11.6 Å². The number of carbonyl (C=O) groups is 1. The Morgan fingerprint density at radius 3 is 2.77 bits per heavy atom. The fourth-order valence-corrected chi connectivity index (χ4v) is 3.18. The third-order valence-corrected chi connectivity index (χ3v) is 4.47. The van der Waals surface area contributed by atoms with E-state index in [1.165, 1.54) is 0 Å². The molecular formula is C19H21N5O2. The van der Waals surface area contributed by atoms with E-state index in [1.807, 2.05) is 47.9 Å². The van der Waals surface area contributed by atoms with Gasteiger partial charge in [0.2, 0.25) is 5.91 Å². The van der Waals surface area contributed by atoms with Gasteiger partial charge >= 0.3 is 0 Å². The molecule has 2 aromatic heterocycles. The van der Waals surface area contributed by atoms with Crippen LogP contribution >= 0.6 is 0 Å². The van der Waals surface area contributed by atoms with Crippen molar-refractivity contribution in [2.45, 2.75) is 13.3 Å². The number of hydrogen-bond donors (Lipinski definition) is 1. The van der Waals surface area contributed by atoms with Crippen LogP contribution in [-0.4, -0.2) is 46.6 Å². The molecule has 1 N–H and O–H groups in total. The Morgan fingerprint density at radius 1 is 1.23 bits per heavy atom. The summed E-state index contributed by atoms with van der Waals surface area (Å²) in [5.74, 6) is 1.45. The van der Waals surface area contributed by atoms with E-state index in [1.54, 1.807) is 6.20 Å². The summed E-state index contributed by atoms with van der Waals surface area (Å²) < 4.78 is 7.32. The smallest absolute Gasteiger partial charge is 0.229 e. The van der Waals surface area contributed by atoms with Gasteiger partial charge < -0.3 is 15.0 Å². The van der Waals surface area contributed by atoms with Gasteiger partial charge in [0.05, 0.1) is 25.3 Å². The Kier molecular flexibility index (Phi) is 4.53. The molecule has 1 fully saturated rings. The minimum atomic E-state index is -0.0640. The van der Waals surface area contributed by atoms with Gasteiger partial charge in [0.1, 0.15) is 5.82 Å². The van der Waals surface area contributed by atoms with Gasteiger partial charge in [0.15, 0.2) is 11.5 Å². The van der Waals surface area contributed by atoms with E-state index in [0.29, 0.717) is 25.5 Å². The molecule has 26 heavy (non-hydrogen) atoms. The van der Waals surface area contributed by atoms with Gasteiger partial charge in [-0.3, -0.25) is 9.20 Å². The lowest BCUT2D eigenvalue weighted by atomic mass is 10.1. The lowest BCUT2D eigenvalue weighted by Gasteiger charge is -2.27. The molecule has 7 nitrogen and oxygen atoms in total. The van der Waals surface area contributed by atoms with Crippen LogP contribution in [0.15, 0.2) is 42.7 Å². The molecule has 0 atom stereocenters. The maximum absolute atomic E-state index is 12.5. The number of ether oxygens (including phenoxy) is 1. The summed E-state index contributed by atoms with van der Waals surface area (Å²) in [5, 5.41) is 3.00. The second-order valence-corrected chi connectivity index (χ2v) is 6.30. The highest BCUT2D eigenvalue weighted by Gasteiger charge is 2.20. The molecule has 0 bridgehead atoms. The third-order valence-electron chi connectivity index (χ3n) is 4.47. The molecule has 134 valence electrons. The first-order valence-electron chi connectivity index (χ1n) is 8.72. The average Bonchev–Trinajstić information content (AvgIpc) is 2.98. The van der Waals surface area contributed by atoms with E-state index in [2.05, 4.69) is 20.2 Å². The summed E-state index contributed by atoms with van der Waals surface area (Å²) in [6.07, 6.45) is 3.90. The zero-order valence-corrected chi connectivity index (χ0v) is 14.7. The van der Waals surface area contributed by atoms with E-state index >= 15 is 0 Å². The van der Waals surface area contributed by atoms with Crippen LogP contribution in [0, 0.1) is 6.92 Å². The van der Waals surface area contributed by atoms with Gasteiger partial charge in [-0.2, -0.15) is 0 Å². The number of carbonyl (C=O) groups excluding carboxylic acids is 1. The molecule has 7 heteroatoms. The molecule has 1 amide bonds. The fraction of sp³-hybridized carbons (Fsp3) is 0.316. The number of aromatic nitrogens is 3. The average molecular weight is 351 g/mol. The Bertz CT molecular complexity index is 916. The van der Waals surface area contributed by atoms with Crippen LogP contribution in [0.5, 0.6) is 0 Å². The number of imidazole rings is 1. The van der Waals surface area contributed by atoms with Crippen LogP contribution in [-0.2, 0) is 16.0 Å². The van der Waals surface area contributed by atoms with Gasteiger partial charge in [-0.15, -0.1) is 0 Å². The minimum Gasteiger partial charge on any atom is -0.378 e. The predicted octanol–water partition coefficient (Wildman–Crippen LogP) is 2.06. The van der Waals surface area contributed by atoms with Crippen molar-refractivity contribution in [3.05, 3.63) is 54.0 Å². The van der Waals surface area contributed by atoms with Gasteiger partial charge in [-0.25, -0.2) is 9.97 Å². The highest BCUT2D eigenvalue weighted by atomic mass is 16.5. The highest BCUT2D eigenvalue weighted by Crippen LogP contribution is 2.24. The monoisotopic (exact) mass is 351 g/mol. The standard InChI is InChI=1S/C19H21N5O2/c1-14-17(22-16(25)13-15-5-3-2-4-6-15)24-8-7-20-18(19(24)21-14)23-9-11-26-12-10-23/h2-8H,9-13H2,1H3,(H,22,25). The van der Waals surface area contributed by atoms with Crippen molar-refractivity contribution in [3.8, 4) is 0 Å². The lowest BCUT2D eigenvalue weighted by molar-refractivity contribution is -0.115. The number of nitrogens with one attached hydrogen (secondary N) is 1.